The lowest BCUT2D eigenvalue weighted by Crippen LogP contribution is -2.41. The number of rotatable bonds is 5. The van der Waals surface area contributed by atoms with Gasteiger partial charge in [0.05, 0.1) is 6.10 Å². The highest BCUT2D eigenvalue weighted by molar-refractivity contribution is 5.19. The molecule has 1 aliphatic heterocycles. The Morgan fingerprint density at radius 1 is 1.39 bits per heavy atom. The zero-order valence-electron chi connectivity index (χ0n) is 10.6. The van der Waals surface area contributed by atoms with Gasteiger partial charge in [-0.3, -0.25) is 0 Å². The smallest absolute Gasteiger partial charge is 0.159 e. The fourth-order valence-electron chi connectivity index (χ4n) is 2.44. The van der Waals surface area contributed by atoms with Crippen LogP contribution in [-0.4, -0.2) is 25.3 Å². The summed E-state index contributed by atoms with van der Waals surface area (Å²) in [6.45, 7) is 3.67. The molecule has 2 atom stereocenters. The topological polar surface area (TPSA) is 21.3 Å². The van der Waals surface area contributed by atoms with Gasteiger partial charge in [0.25, 0.3) is 0 Å². The van der Waals surface area contributed by atoms with E-state index in [1.165, 1.54) is 12.1 Å². The maximum atomic E-state index is 13.2. The average Bonchev–Trinajstić information content (AvgIpc) is 2.87. The number of ether oxygens (including phenoxy) is 1. The molecule has 1 aromatic rings. The number of hydrogen-bond acceptors (Lipinski definition) is 2. The molecule has 1 aromatic carbocycles. The molecular weight excluding hydrogens is 236 g/mol. The largest absolute Gasteiger partial charge is 0.377 e. The van der Waals surface area contributed by atoms with E-state index in [-0.39, 0.29) is 12.1 Å². The summed E-state index contributed by atoms with van der Waals surface area (Å²) in [5.41, 5.74) is 0.801. The van der Waals surface area contributed by atoms with E-state index in [1.54, 1.807) is 6.07 Å². The number of benzene rings is 1. The maximum absolute atomic E-state index is 13.2. The highest BCUT2D eigenvalue weighted by Gasteiger charge is 2.25. The van der Waals surface area contributed by atoms with Crippen molar-refractivity contribution in [1.29, 1.82) is 0 Å². The first-order valence-electron chi connectivity index (χ1n) is 6.49. The fraction of sp³-hybridized carbons (Fsp3) is 0.571. The van der Waals surface area contributed by atoms with Crippen molar-refractivity contribution in [2.75, 3.05) is 13.2 Å². The number of hydrogen-bond donors (Lipinski definition) is 1. The second-order valence-electron chi connectivity index (χ2n) is 4.67. The minimum atomic E-state index is -0.795. The SMILES string of the molecule is CCNC(Cc1ccc(F)c(F)c1)C1CCCO1. The molecule has 1 N–H and O–H groups in total. The third-order valence-corrected chi connectivity index (χ3v) is 3.32. The molecule has 100 valence electrons. The van der Waals surface area contributed by atoms with Gasteiger partial charge in [0.15, 0.2) is 11.6 Å². The Morgan fingerprint density at radius 3 is 2.83 bits per heavy atom. The predicted octanol–water partition coefficient (Wildman–Crippen LogP) is 2.66. The Balaban J connectivity index is 2.04. The standard InChI is InChI=1S/C14H19F2NO/c1-2-17-13(14-4-3-7-18-14)9-10-5-6-11(15)12(16)8-10/h5-6,8,13-14,17H,2-4,7,9H2,1H3. The van der Waals surface area contributed by atoms with E-state index in [9.17, 15) is 8.78 Å². The third-order valence-electron chi connectivity index (χ3n) is 3.32. The molecular formula is C14H19F2NO. The van der Waals surface area contributed by atoms with Crippen molar-refractivity contribution in [1.82, 2.24) is 5.32 Å². The maximum Gasteiger partial charge on any atom is 0.159 e. The Morgan fingerprint density at radius 2 is 2.22 bits per heavy atom. The van der Waals surface area contributed by atoms with Crippen LogP contribution in [-0.2, 0) is 11.2 Å². The van der Waals surface area contributed by atoms with Crippen molar-refractivity contribution in [2.45, 2.75) is 38.3 Å². The van der Waals surface area contributed by atoms with Gasteiger partial charge in [0, 0.05) is 12.6 Å². The van der Waals surface area contributed by atoms with E-state index in [4.69, 9.17) is 4.74 Å². The zero-order chi connectivity index (χ0) is 13.0. The van der Waals surface area contributed by atoms with Crippen molar-refractivity contribution in [2.24, 2.45) is 0 Å². The van der Waals surface area contributed by atoms with E-state index in [0.717, 1.165) is 31.6 Å². The molecule has 2 nitrogen and oxygen atoms in total. The van der Waals surface area contributed by atoms with Crippen LogP contribution in [0.4, 0.5) is 8.78 Å². The Hall–Kier alpha value is -1.00. The summed E-state index contributed by atoms with van der Waals surface area (Å²) in [7, 11) is 0. The second kappa shape index (κ2) is 6.25. The number of likely N-dealkylation sites (N-methyl/N-ethyl adjacent to an activating group) is 1. The van der Waals surface area contributed by atoms with Crippen LogP contribution < -0.4 is 5.32 Å². The van der Waals surface area contributed by atoms with Crippen molar-refractivity contribution in [3.63, 3.8) is 0 Å². The van der Waals surface area contributed by atoms with Gasteiger partial charge < -0.3 is 10.1 Å². The lowest BCUT2D eigenvalue weighted by atomic mass is 9.99. The molecule has 0 amide bonds. The molecule has 4 heteroatoms. The summed E-state index contributed by atoms with van der Waals surface area (Å²) in [5.74, 6) is -1.58. The number of nitrogens with one attached hydrogen (secondary N) is 1. The minimum Gasteiger partial charge on any atom is -0.377 e. The van der Waals surface area contributed by atoms with Crippen LogP contribution in [0.5, 0.6) is 0 Å². The minimum absolute atomic E-state index is 0.169. The molecule has 2 unspecified atom stereocenters. The average molecular weight is 255 g/mol. The molecule has 1 fully saturated rings. The molecule has 0 aromatic heterocycles. The van der Waals surface area contributed by atoms with Gasteiger partial charge in [-0.15, -0.1) is 0 Å². The summed E-state index contributed by atoms with van der Waals surface area (Å²) in [6, 6.07) is 4.26. The van der Waals surface area contributed by atoms with Gasteiger partial charge in [-0.1, -0.05) is 13.0 Å². The fourth-order valence-corrected chi connectivity index (χ4v) is 2.44. The Bertz CT molecular complexity index is 391. The van der Waals surface area contributed by atoms with Crippen molar-refractivity contribution < 1.29 is 13.5 Å². The van der Waals surface area contributed by atoms with E-state index < -0.39 is 11.6 Å². The van der Waals surface area contributed by atoms with Crippen molar-refractivity contribution in [3.05, 3.63) is 35.4 Å². The molecule has 0 saturated carbocycles. The van der Waals surface area contributed by atoms with Gasteiger partial charge in [-0.2, -0.15) is 0 Å². The monoisotopic (exact) mass is 255 g/mol. The van der Waals surface area contributed by atoms with Crippen LogP contribution in [0.3, 0.4) is 0 Å². The highest BCUT2D eigenvalue weighted by Crippen LogP contribution is 2.19. The Kier molecular flexibility index (Phi) is 4.66. The van der Waals surface area contributed by atoms with Gasteiger partial charge in [-0.25, -0.2) is 8.78 Å². The number of halogens is 2. The third kappa shape index (κ3) is 3.27. The van der Waals surface area contributed by atoms with Crippen LogP contribution in [0.2, 0.25) is 0 Å². The molecule has 2 rings (SSSR count). The van der Waals surface area contributed by atoms with E-state index in [2.05, 4.69) is 5.32 Å². The second-order valence-corrected chi connectivity index (χ2v) is 4.67. The molecule has 1 heterocycles. The molecule has 0 radical (unpaired) electrons. The van der Waals surface area contributed by atoms with Crippen LogP contribution in [0.1, 0.15) is 25.3 Å². The Labute approximate surface area is 106 Å². The summed E-state index contributed by atoms with van der Waals surface area (Å²) >= 11 is 0. The van der Waals surface area contributed by atoms with Crippen LogP contribution in [0, 0.1) is 11.6 Å². The van der Waals surface area contributed by atoms with Crippen LogP contribution >= 0.6 is 0 Å². The van der Waals surface area contributed by atoms with Gasteiger partial charge in [0.2, 0.25) is 0 Å². The quantitative estimate of drug-likeness (QED) is 0.873. The van der Waals surface area contributed by atoms with Gasteiger partial charge in [0.1, 0.15) is 0 Å². The summed E-state index contributed by atoms with van der Waals surface area (Å²) in [4.78, 5) is 0. The molecule has 1 aliphatic rings. The first-order valence-corrected chi connectivity index (χ1v) is 6.49. The molecule has 0 bridgehead atoms. The normalized spacial score (nSPS) is 21.2. The first-order chi connectivity index (χ1) is 8.70. The first kappa shape index (κ1) is 13.4. The van der Waals surface area contributed by atoms with Gasteiger partial charge >= 0.3 is 0 Å². The van der Waals surface area contributed by atoms with Crippen LogP contribution in [0.15, 0.2) is 18.2 Å². The lowest BCUT2D eigenvalue weighted by molar-refractivity contribution is 0.0789. The van der Waals surface area contributed by atoms with E-state index >= 15 is 0 Å². The molecule has 1 saturated heterocycles. The predicted molar refractivity (Wildman–Crippen MR) is 66.5 cm³/mol. The highest BCUT2D eigenvalue weighted by atomic mass is 19.2. The van der Waals surface area contributed by atoms with E-state index in [1.807, 2.05) is 6.92 Å². The van der Waals surface area contributed by atoms with Crippen molar-refractivity contribution in [3.8, 4) is 0 Å². The van der Waals surface area contributed by atoms with Gasteiger partial charge in [-0.05, 0) is 43.5 Å². The van der Waals surface area contributed by atoms with Crippen LogP contribution in [0.25, 0.3) is 0 Å². The zero-order valence-corrected chi connectivity index (χ0v) is 10.6. The molecule has 18 heavy (non-hydrogen) atoms. The molecule has 0 aliphatic carbocycles. The molecule has 0 spiro atoms. The van der Waals surface area contributed by atoms with E-state index in [0.29, 0.717) is 6.42 Å². The summed E-state index contributed by atoms with van der Waals surface area (Å²) in [5, 5.41) is 3.37. The van der Waals surface area contributed by atoms with Crippen molar-refractivity contribution >= 4 is 0 Å². The lowest BCUT2D eigenvalue weighted by Gasteiger charge is -2.24. The summed E-state index contributed by atoms with van der Waals surface area (Å²) < 4.78 is 31.7. The summed E-state index contributed by atoms with van der Waals surface area (Å²) in [6.07, 6.45) is 2.94.